The van der Waals surface area contributed by atoms with Crippen molar-refractivity contribution in [2.24, 2.45) is 5.73 Å². The van der Waals surface area contributed by atoms with Gasteiger partial charge in [-0.3, -0.25) is 5.32 Å². The summed E-state index contributed by atoms with van der Waals surface area (Å²) in [6.45, 7) is 8.20. The first kappa shape index (κ1) is 17.3. The zero-order valence-electron chi connectivity index (χ0n) is 13.5. The van der Waals surface area contributed by atoms with E-state index < -0.39 is 11.7 Å². The molecular formula is C16H26N2O3. The number of hydrogen-bond acceptors (Lipinski definition) is 4. The van der Waals surface area contributed by atoms with Crippen LogP contribution in [0.15, 0.2) is 18.2 Å². The third kappa shape index (κ3) is 5.63. The summed E-state index contributed by atoms with van der Waals surface area (Å²) < 4.78 is 10.6. The Labute approximate surface area is 126 Å². The molecule has 1 amide bonds. The minimum Gasteiger partial charge on any atom is -0.496 e. The third-order valence-electron chi connectivity index (χ3n) is 3.01. The van der Waals surface area contributed by atoms with Gasteiger partial charge in [0.1, 0.15) is 11.4 Å². The van der Waals surface area contributed by atoms with Crippen molar-refractivity contribution < 1.29 is 14.3 Å². The summed E-state index contributed by atoms with van der Waals surface area (Å²) in [6.07, 6.45) is 0.405. The fourth-order valence-electron chi connectivity index (χ4n) is 2.02. The Morgan fingerprint density at radius 3 is 2.57 bits per heavy atom. The van der Waals surface area contributed by atoms with Gasteiger partial charge >= 0.3 is 6.09 Å². The fourth-order valence-corrected chi connectivity index (χ4v) is 2.02. The maximum Gasteiger partial charge on any atom is 0.412 e. The number of nitrogens with one attached hydrogen (secondary N) is 1. The van der Waals surface area contributed by atoms with Crippen LogP contribution in [0.25, 0.3) is 0 Å². The van der Waals surface area contributed by atoms with Crippen LogP contribution in [0.3, 0.4) is 0 Å². The first-order valence-corrected chi connectivity index (χ1v) is 7.15. The molecule has 0 aliphatic rings. The average molecular weight is 294 g/mol. The average Bonchev–Trinajstić information content (AvgIpc) is 2.36. The molecule has 0 bridgehead atoms. The lowest BCUT2D eigenvalue weighted by Crippen LogP contribution is -2.27. The topological polar surface area (TPSA) is 73.6 Å². The highest BCUT2D eigenvalue weighted by Crippen LogP contribution is 2.31. The Hall–Kier alpha value is -1.75. The highest BCUT2D eigenvalue weighted by Gasteiger charge is 2.17. The van der Waals surface area contributed by atoms with Crippen LogP contribution >= 0.6 is 0 Å². The Morgan fingerprint density at radius 1 is 1.38 bits per heavy atom. The van der Waals surface area contributed by atoms with E-state index in [1.165, 1.54) is 0 Å². The number of carbonyl (C=O) groups is 1. The van der Waals surface area contributed by atoms with Crippen LogP contribution in [-0.2, 0) is 4.74 Å². The van der Waals surface area contributed by atoms with Gasteiger partial charge in [-0.15, -0.1) is 0 Å². The van der Waals surface area contributed by atoms with Crippen LogP contribution in [0.4, 0.5) is 10.5 Å². The second-order valence-electron chi connectivity index (χ2n) is 6.06. The van der Waals surface area contributed by atoms with Crippen LogP contribution in [0, 0.1) is 0 Å². The molecule has 0 aliphatic heterocycles. The van der Waals surface area contributed by atoms with E-state index in [4.69, 9.17) is 15.2 Å². The number of methoxy groups -OCH3 is 1. The maximum atomic E-state index is 11.8. The summed E-state index contributed by atoms with van der Waals surface area (Å²) in [5.74, 6) is 1.05. The predicted octanol–water partition coefficient (Wildman–Crippen LogP) is 3.49. The van der Waals surface area contributed by atoms with Crippen molar-refractivity contribution in [3.8, 4) is 5.75 Å². The molecule has 5 nitrogen and oxygen atoms in total. The standard InChI is InChI=1S/C16H26N2O3/c1-11(8-9-17)13-7-6-12(10-14(13)20-5)18-15(19)21-16(2,3)4/h6-7,10-11H,8-9,17H2,1-5H3,(H,18,19). The number of benzene rings is 1. The molecule has 0 spiro atoms. The number of hydrogen-bond donors (Lipinski definition) is 2. The van der Waals surface area contributed by atoms with Crippen LogP contribution in [-0.4, -0.2) is 25.3 Å². The second-order valence-corrected chi connectivity index (χ2v) is 6.06. The minimum atomic E-state index is -0.524. The van der Waals surface area contributed by atoms with Crippen LogP contribution in [0.1, 0.15) is 45.6 Å². The summed E-state index contributed by atoms with van der Waals surface area (Å²) in [7, 11) is 1.62. The highest BCUT2D eigenvalue weighted by atomic mass is 16.6. The quantitative estimate of drug-likeness (QED) is 0.871. The van der Waals surface area contributed by atoms with E-state index in [2.05, 4.69) is 12.2 Å². The molecule has 0 saturated carbocycles. The van der Waals surface area contributed by atoms with Crippen LogP contribution in [0.5, 0.6) is 5.75 Å². The van der Waals surface area contributed by atoms with E-state index in [9.17, 15) is 4.79 Å². The Balaban J connectivity index is 2.85. The number of nitrogens with two attached hydrogens (primary N) is 1. The van der Waals surface area contributed by atoms with Crippen molar-refractivity contribution >= 4 is 11.8 Å². The van der Waals surface area contributed by atoms with Gasteiger partial charge < -0.3 is 15.2 Å². The normalized spacial score (nSPS) is 12.7. The van der Waals surface area contributed by atoms with Crippen molar-refractivity contribution in [1.82, 2.24) is 0 Å². The highest BCUT2D eigenvalue weighted by molar-refractivity contribution is 5.85. The molecule has 1 aromatic carbocycles. The summed E-state index contributed by atoms with van der Waals surface area (Å²) in [5, 5.41) is 2.71. The van der Waals surface area contributed by atoms with E-state index >= 15 is 0 Å². The molecular weight excluding hydrogens is 268 g/mol. The molecule has 1 aromatic rings. The van der Waals surface area contributed by atoms with E-state index in [-0.39, 0.29) is 0 Å². The second kappa shape index (κ2) is 7.31. The predicted molar refractivity (Wildman–Crippen MR) is 84.9 cm³/mol. The molecule has 3 N–H and O–H groups in total. The zero-order valence-corrected chi connectivity index (χ0v) is 13.5. The molecule has 1 rings (SSSR count). The maximum absolute atomic E-state index is 11.8. The molecule has 21 heavy (non-hydrogen) atoms. The summed E-state index contributed by atoms with van der Waals surface area (Å²) in [6, 6.07) is 5.59. The van der Waals surface area contributed by atoms with Crippen LogP contribution in [0.2, 0.25) is 0 Å². The van der Waals surface area contributed by atoms with Gasteiger partial charge in [-0.05, 0) is 51.3 Å². The minimum absolute atomic E-state index is 0.306. The lowest BCUT2D eigenvalue weighted by molar-refractivity contribution is 0.0636. The summed E-state index contributed by atoms with van der Waals surface area (Å²) in [5.41, 5.74) is 6.80. The van der Waals surface area contributed by atoms with Crippen LogP contribution < -0.4 is 15.8 Å². The van der Waals surface area contributed by atoms with Gasteiger partial charge in [0.25, 0.3) is 0 Å². The lowest BCUT2D eigenvalue weighted by atomic mass is 9.96. The molecule has 0 heterocycles. The molecule has 1 unspecified atom stereocenters. The van der Waals surface area contributed by atoms with E-state index in [0.717, 1.165) is 17.7 Å². The van der Waals surface area contributed by atoms with Gasteiger partial charge in [-0.25, -0.2) is 4.79 Å². The van der Waals surface area contributed by atoms with Crippen molar-refractivity contribution in [1.29, 1.82) is 0 Å². The Bertz CT molecular complexity index is 481. The molecule has 118 valence electrons. The zero-order chi connectivity index (χ0) is 16.0. The smallest absolute Gasteiger partial charge is 0.412 e. The van der Waals surface area contributed by atoms with E-state index in [1.54, 1.807) is 13.2 Å². The Morgan fingerprint density at radius 2 is 2.05 bits per heavy atom. The monoisotopic (exact) mass is 294 g/mol. The SMILES string of the molecule is COc1cc(NC(=O)OC(C)(C)C)ccc1C(C)CCN. The number of amides is 1. The first-order chi connectivity index (χ1) is 9.76. The van der Waals surface area contributed by atoms with Crippen molar-refractivity contribution in [2.45, 2.75) is 45.6 Å². The molecule has 1 atom stereocenters. The first-order valence-electron chi connectivity index (χ1n) is 7.15. The van der Waals surface area contributed by atoms with Gasteiger partial charge in [0.15, 0.2) is 0 Å². The fraction of sp³-hybridized carbons (Fsp3) is 0.562. The molecule has 0 saturated heterocycles. The molecule has 0 fully saturated rings. The van der Waals surface area contributed by atoms with Crippen molar-refractivity contribution in [3.63, 3.8) is 0 Å². The van der Waals surface area contributed by atoms with Gasteiger partial charge in [-0.2, -0.15) is 0 Å². The Kier molecular flexibility index (Phi) is 6.03. The molecule has 0 radical (unpaired) electrons. The molecule has 0 aromatic heterocycles. The van der Waals surface area contributed by atoms with Crippen molar-refractivity contribution in [3.05, 3.63) is 23.8 Å². The number of anilines is 1. The van der Waals surface area contributed by atoms with E-state index in [1.807, 2.05) is 32.9 Å². The largest absolute Gasteiger partial charge is 0.496 e. The number of ether oxygens (including phenoxy) is 2. The number of carbonyl (C=O) groups excluding carboxylic acids is 1. The molecule has 5 heteroatoms. The summed E-state index contributed by atoms with van der Waals surface area (Å²) >= 11 is 0. The van der Waals surface area contributed by atoms with Gasteiger partial charge in [0.05, 0.1) is 7.11 Å². The van der Waals surface area contributed by atoms with Gasteiger partial charge in [0, 0.05) is 11.8 Å². The van der Waals surface area contributed by atoms with Crippen molar-refractivity contribution in [2.75, 3.05) is 19.0 Å². The van der Waals surface area contributed by atoms with E-state index in [0.29, 0.717) is 18.2 Å². The molecule has 0 aliphatic carbocycles. The number of rotatable bonds is 5. The third-order valence-corrected chi connectivity index (χ3v) is 3.01. The lowest BCUT2D eigenvalue weighted by Gasteiger charge is -2.20. The van der Waals surface area contributed by atoms with Gasteiger partial charge in [-0.1, -0.05) is 13.0 Å². The van der Waals surface area contributed by atoms with Gasteiger partial charge in [0.2, 0.25) is 0 Å². The summed E-state index contributed by atoms with van der Waals surface area (Å²) in [4.78, 5) is 11.8.